The number of methoxy groups -OCH3 is 1. The van der Waals surface area contributed by atoms with Crippen LogP contribution in [0.25, 0.3) is 0 Å². The Kier molecular flexibility index (Phi) is 3.93. The molecule has 16 heavy (non-hydrogen) atoms. The van der Waals surface area contributed by atoms with Crippen molar-refractivity contribution in [3.05, 3.63) is 35.9 Å². The summed E-state index contributed by atoms with van der Waals surface area (Å²) in [7, 11) is 1.78. The van der Waals surface area contributed by atoms with Crippen LogP contribution in [0.5, 0.6) is 0 Å². The Morgan fingerprint density at radius 2 is 2.06 bits per heavy atom. The summed E-state index contributed by atoms with van der Waals surface area (Å²) in [6, 6.07) is 10.5. The highest BCUT2D eigenvalue weighted by molar-refractivity contribution is 5.14. The molecule has 88 valence electrons. The highest BCUT2D eigenvalue weighted by Crippen LogP contribution is 2.20. The van der Waals surface area contributed by atoms with Gasteiger partial charge < -0.3 is 10.5 Å². The lowest BCUT2D eigenvalue weighted by Crippen LogP contribution is -2.27. The largest absolute Gasteiger partial charge is 0.380 e. The van der Waals surface area contributed by atoms with Crippen molar-refractivity contribution in [2.24, 2.45) is 11.7 Å². The summed E-state index contributed by atoms with van der Waals surface area (Å²) in [5.41, 5.74) is 7.11. The zero-order valence-corrected chi connectivity index (χ0v) is 9.80. The van der Waals surface area contributed by atoms with Crippen LogP contribution < -0.4 is 5.73 Å². The maximum Gasteiger partial charge on any atom is 0.0750 e. The number of hydrogen-bond donors (Lipinski definition) is 1. The molecule has 0 bridgehead atoms. The van der Waals surface area contributed by atoms with Crippen molar-refractivity contribution in [2.45, 2.75) is 12.6 Å². The second-order valence-electron chi connectivity index (χ2n) is 4.45. The van der Waals surface area contributed by atoms with Gasteiger partial charge in [0.15, 0.2) is 0 Å². The van der Waals surface area contributed by atoms with Crippen molar-refractivity contribution in [3.63, 3.8) is 0 Å². The van der Waals surface area contributed by atoms with Gasteiger partial charge in [0.05, 0.1) is 6.10 Å². The van der Waals surface area contributed by atoms with E-state index in [2.05, 4.69) is 29.2 Å². The van der Waals surface area contributed by atoms with Crippen LogP contribution in [-0.4, -0.2) is 37.7 Å². The third-order valence-corrected chi connectivity index (χ3v) is 3.31. The molecule has 0 unspecified atom stereocenters. The molecule has 0 radical (unpaired) electrons. The number of ether oxygens (including phenoxy) is 1. The molecule has 1 aliphatic rings. The Morgan fingerprint density at radius 3 is 2.62 bits per heavy atom. The summed E-state index contributed by atoms with van der Waals surface area (Å²) < 4.78 is 5.46. The predicted molar refractivity (Wildman–Crippen MR) is 65.1 cm³/mol. The van der Waals surface area contributed by atoms with Crippen LogP contribution in [0.2, 0.25) is 0 Å². The van der Waals surface area contributed by atoms with Crippen molar-refractivity contribution in [3.8, 4) is 0 Å². The Bertz CT molecular complexity index is 303. The quantitative estimate of drug-likeness (QED) is 0.825. The van der Waals surface area contributed by atoms with E-state index in [1.807, 2.05) is 6.07 Å². The normalized spacial score (nSPS) is 26.1. The fraction of sp³-hybridized carbons (Fsp3) is 0.538. The van der Waals surface area contributed by atoms with Crippen molar-refractivity contribution >= 4 is 0 Å². The maximum absolute atomic E-state index is 5.75. The first-order chi connectivity index (χ1) is 7.83. The molecule has 3 heteroatoms. The van der Waals surface area contributed by atoms with Gasteiger partial charge in [0, 0.05) is 32.7 Å². The van der Waals surface area contributed by atoms with E-state index in [-0.39, 0.29) is 0 Å². The molecule has 0 aromatic heterocycles. The van der Waals surface area contributed by atoms with Crippen LogP contribution >= 0.6 is 0 Å². The monoisotopic (exact) mass is 220 g/mol. The second-order valence-corrected chi connectivity index (χ2v) is 4.45. The van der Waals surface area contributed by atoms with E-state index >= 15 is 0 Å². The standard InChI is InChI=1S/C13H20N2O/c1-16-13-10-15(9-12(13)7-14)8-11-5-3-2-4-6-11/h2-6,12-13H,7-10,14H2,1H3/t12-,13-/m1/s1. The number of nitrogens with two attached hydrogens (primary N) is 1. The van der Waals surface area contributed by atoms with E-state index < -0.39 is 0 Å². The summed E-state index contributed by atoms with van der Waals surface area (Å²) in [5.74, 6) is 0.480. The van der Waals surface area contributed by atoms with Crippen LogP contribution in [0.15, 0.2) is 30.3 Å². The zero-order chi connectivity index (χ0) is 11.4. The maximum atomic E-state index is 5.75. The second kappa shape index (κ2) is 5.43. The van der Waals surface area contributed by atoms with Crippen molar-refractivity contribution < 1.29 is 4.74 Å². The van der Waals surface area contributed by atoms with E-state index in [1.165, 1.54) is 5.56 Å². The topological polar surface area (TPSA) is 38.5 Å². The molecular formula is C13H20N2O. The number of hydrogen-bond acceptors (Lipinski definition) is 3. The van der Waals surface area contributed by atoms with Crippen molar-refractivity contribution in [1.82, 2.24) is 4.90 Å². The van der Waals surface area contributed by atoms with Gasteiger partial charge in [-0.15, -0.1) is 0 Å². The van der Waals surface area contributed by atoms with E-state index in [1.54, 1.807) is 7.11 Å². The summed E-state index contributed by atoms with van der Waals surface area (Å²) >= 11 is 0. The molecule has 1 heterocycles. The first-order valence-electron chi connectivity index (χ1n) is 5.82. The highest BCUT2D eigenvalue weighted by atomic mass is 16.5. The SMILES string of the molecule is CO[C@@H]1CN(Cc2ccccc2)C[C@H]1CN. The van der Waals surface area contributed by atoms with Crippen LogP contribution in [0.1, 0.15) is 5.56 Å². The molecule has 0 aliphatic carbocycles. The van der Waals surface area contributed by atoms with Gasteiger partial charge in [0.2, 0.25) is 0 Å². The smallest absolute Gasteiger partial charge is 0.0750 e. The van der Waals surface area contributed by atoms with Gasteiger partial charge in [-0.25, -0.2) is 0 Å². The van der Waals surface area contributed by atoms with E-state index in [0.29, 0.717) is 18.6 Å². The molecule has 0 amide bonds. The average molecular weight is 220 g/mol. The lowest BCUT2D eigenvalue weighted by Gasteiger charge is -2.15. The lowest BCUT2D eigenvalue weighted by atomic mass is 10.1. The van der Waals surface area contributed by atoms with Crippen LogP contribution in [0.4, 0.5) is 0 Å². The molecule has 1 aromatic rings. The molecule has 2 N–H and O–H groups in total. The molecule has 1 saturated heterocycles. The molecule has 0 saturated carbocycles. The van der Waals surface area contributed by atoms with Gasteiger partial charge in [-0.2, -0.15) is 0 Å². The third kappa shape index (κ3) is 2.61. The molecule has 0 spiro atoms. The molecule has 1 fully saturated rings. The van der Waals surface area contributed by atoms with E-state index in [9.17, 15) is 0 Å². The summed E-state index contributed by atoms with van der Waals surface area (Å²) in [6.45, 7) is 3.75. The van der Waals surface area contributed by atoms with E-state index in [0.717, 1.165) is 19.6 Å². The van der Waals surface area contributed by atoms with Crippen molar-refractivity contribution in [2.75, 3.05) is 26.7 Å². The lowest BCUT2D eigenvalue weighted by molar-refractivity contribution is 0.0806. The van der Waals surface area contributed by atoms with Crippen LogP contribution in [0, 0.1) is 5.92 Å². The van der Waals surface area contributed by atoms with Gasteiger partial charge in [-0.1, -0.05) is 30.3 Å². The first-order valence-corrected chi connectivity index (χ1v) is 5.82. The van der Waals surface area contributed by atoms with Gasteiger partial charge in [0.25, 0.3) is 0 Å². The number of benzene rings is 1. The third-order valence-electron chi connectivity index (χ3n) is 3.31. The average Bonchev–Trinajstić information content (AvgIpc) is 2.72. The Balaban J connectivity index is 1.93. The van der Waals surface area contributed by atoms with Crippen LogP contribution in [0.3, 0.4) is 0 Å². The summed E-state index contributed by atoms with van der Waals surface area (Å²) in [6.07, 6.45) is 0.300. The molecule has 1 aromatic carbocycles. The molecule has 3 nitrogen and oxygen atoms in total. The van der Waals surface area contributed by atoms with E-state index in [4.69, 9.17) is 10.5 Å². The molecular weight excluding hydrogens is 200 g/mol. The Labute approximate surface area is 97.2 Å². The number of rotatable bonds is 4. The minimum atomic E-state index is 0.300. The molecule has 2 atom stereocenters. The molecule has 2 rings (SSSR count). The summed E-state index contributed by atoms with van der Waals surface area (Å²) in [5, 5.41) is 0. The summed E-state index contributed by atoms with van der Waals surface area (Å²) in [4.78, 5) is 2.42. The zero-order valence-electron chi connectivity index (χ0n) is 9.80. The predicted octanol–water partition coefficient (Wildman–Crippen LogP) is 1.09. The Hall–Kier alpha value is -0.900. The van der Waals surface area contributed by atoms with Gasteiger partial charge in [-0.05, 0) is 12.1 Å². The Morgan fingerprint density at radius 1 is 1.31 bits per heavy atom. The fourth-order valence-electron chi connectivity index (χ4n) is 2.39. The number of likely N-dealkylation sites (tertiary alicyclic amines) is 1. The first kappa shape index (κ1) is 11.6. The van der Waals surface area contributed by atoms with Crippen LogP contribution in [-0.2, 0) is 11.3 Å². The fourth-order valence-corrected chi connectivity index (χ4v) is 2.39. The van der Waals surface area contributed by atoms with Gasteiger partial charge >= 0.3 is 0 Å². The molecule has 1 aliphatic heterocycles. The van der Waals surface area contributed by atoms with Crippen molar-refractivity contribution in [1.29, 1.82) is 0 Å². The minimum Gasteiger partial charge on any atom is -0.380 e. The minimum absolute atomic E-state index is 0.300. The van der Waals surface area contributed by atoms with Gasteiger partial charge in [0.1, 0.15) is 0 Å². The van der Waals surface area contributed by atoms with Gasteiger partial charge in [-0.3, -0.25) is 4.90 Å². The number of nitrogens with zero attached hydrogens (tertiary/aromatic N) is 1. The highest BCUT2D eigenvalue weighted by Gasteiger charge is 2.31.